The van der Waals surface area contributed by atoms with Gasteiger partial charge in [-0.05, 0) is 98.1 Å². The lowest BCUT2D eigenvalue weighted by Crippen LogP contribution is -2.68. The summed E-state index contributed by atoms with van der Waals surface area (Å²) in [5.74, 6) is -2.82. The number of hydrogen-bond donors (Lipinski definition) is 9. The van der Waals surface area contributed by atoms with Crippen LogP contribution in [0.5, 0.6) is 5.75 Å². The molecule has 1 aromatic carbocycles. The molecule has 19 atom stereocenters. The summed E-state index contributed by atoms with van der Waals surface area (Å²) >= 11 is 0. The highest BCUT2D eigenvalue weighted by molar-refractivity contribution is 5.90. The van der Waals surface area contributed by atoms with E-state index in [0.29, 0.717) is 12.8 Å². The van der Waals surface area contributed by atoms with Crippen molar-refractivity contribution in [1.82, 2.24) is 5.32 Å². The molecule has 2 heterocycles. The average molecular weight is 893 g/mol. The minimum atomic E-state index is -1.77. The van der Waals surface area contributed by atoms with Crippen LogP contribution in [-0.4, -0.2) is 153 Å². The quantitative estimate of drug-likeness (QED) is 0.0768. The molecule has 1 aromatic rings. The van der Waals surface area contributed by atoms with E-state index in [0.717, 1.165) is 24.8 Å². The number of ether oxygens (including phenoxy) is 6. The van der Waals surface area contributed by atoms with Gasteiger partial charge in [0.25, 0.3) is 0 Å². The lowest BCUT2D eigenvalue weighted by molar-refractivity contribution is -0.358. The van der Waals surface area contributed by atoms with E-state index >= 15 is 0 Å². The van der Waals surface area contributed by atoms with Gasteiger partial charge in [-0.25, -0.2) is 4.79 Å². The number of rotatable bonds is 13. The Morgan fingerprint density at radius 3 is 2.29 bits per heavy atom. The number of amides is 1. The Morgan fingerprint density at radius 1 is 0.968 bits per heavy atom. The monoisotopic (exact) mass is 892 g/mol. The number of allylic oxidation sites excluding steroid dienone is 2. The Hall–Kier alpha value is -3.27. The van der Waals surface area contributed by atoms with Gasteiger partial charge >= 0.3 is 11.9 Å². The molecular formula is C45H68N2O16. The molecule has 354 valence electrons. The van der Waals surface area contributed by atoms with E-state index in [1.165, 1.54) is 38.3 Å². The van der Waals surface area contributed by atoms with Gasteiger partial charge in [0.15, 0.2) is 18.7 Å². The third kappa shape index (κ3) is 9.28. The maximum Gasteiger partial charge on any atom is 0.338 e. The van der Waals surface area contributed by atoms with E-state index in [1.54, 1.807) is 6.92 Å². The molecule has 2 aliphatic heterocycles. The van der Waals surface area contributed by atoms with E-state index in [9.17, 15) is 50.1 Å². The zero-order valence-corrected chi connectivity index (χ0v) is 37.3. The number of phenols is 1. The van der Waals surface area contributed by atoms with E-state index < -0.39 is 121 Å². The van der Waals surface area contributed by atoms with Crippen molar-refractivity contribution in [3.63, 3.8) is 0 Å². The normalized spacial score (nSPS) is 42.1. The summed E-state index contributed by atoms with van der Waals surface area (Å²) in [6.45, 7) is 12.6. The number of aliphatic hydroxyl groups excluding tert-OH is 5. The largest absolute Gasteiger partial charge is 0.508 e. The van der Waals surface area contributed by atoms with Gasteiger partial charge in [-0.2, -0.15) is 0 Å². The fourth-order valence-electron chi connectivity index (χ4n) is 12.1. The van der Waals surface area contributed by atoms with Crippen LogP contribution in [0.3, 0.4) is 0 Å². The van der Waals surface area contributed by atoms with Crippen molar-refractivity contribution in [3.05, 3.63) is 41.5 Å². The van der Waals surface area contributed by atoms with Crippen molar-refractivity contribution in [2.24, 2.45) is 39.7 Å². The molecule has 2 saturated heterocycles. The predicted molar refractivity (Wildman–Crippen MR) is 222 cm³/mol. The molecule has 1 amide bonds. The van der Waals surface area contributed by atoms with Crippen molar-refractivity contribution in [2.45, 2.75) is 166 Å². The number of aromatic hydroxyl groups is 1. The molecule has 2 saturated carbocycles. The van der Waals surface area contributed by atoms with Crippen molar-refractivity contribution < 1.29 is 78.6 Å². The second-order valence-electron chi connectivity index (χ2n) is 19.6. The summed E-state index contributed by atoms with van der Waals surface area (Å²) in [6, 6.07) is 2.80. The standard InChI is InChI=1S/C45H68N2O16/c1-20-12-13-30-44(6,25(20)17-26(58-8)31(46)39(55)56)15-14-29-43(4,5)38(54)27(18-45(29,30)7)60-42-35(53)37(36(21(2)59-42)62-40(57)23-10-9-11-24(50)16-23)63-41-32(47-22(3)49)34(52)33(51)28(19-48)61-41/h9-12,16,21,25-38,41-42,48,50-54H,13-15,17-19,46H2,1-8H3,(H,47,49)(H,55,56)/t21-,25+,26-,27-,28+,29+,30+,31-,32+,33+,34+,35+,36-,37-,38+,41-,42-,44+,45+/m0/s1. The van der Waals surface area contributed by atoms with Crippen LogP contribution in [0.15, 0.2) is 35.9 Å². The molecule has 3 aliphatic carbocycles. The number of aliphatic carboxylic acids is 1. The molecule has 4 fully saturated rings. The summed E-state index contributed by atoms with van der Waals surface area (Å²) in [5.41, 5.74) is 5.77. The highest BCUT2D eigenvalue weighted by atomic mass is 16.7. The van der Waals surface area contributed by atoms with Gasteiger partial charge in [-0.15, -0.1) is 0 Å². The van der Waals surface area contributed by atoms with Crippen molar-refractivity contribution in [2.75, 3.05) is 13.7 Å². The number of nitrogens with two attached hydrogens (primary N) is 1. The van der Waals surface area contributed by atoms with Crippen LogP contribution in [-0.2, 0) is 38.0 Å². The SMILES string of the molecule is CO[C@@H](C[C@@H]1C(C)=CC[C@@H]2[C@]1(C)CC[C@@H]1C(C)(C)[C@H](O)[C@@H](O[C@@H]3O[C@@H](C)[C@H](OC(=O)c4cccc(O)c4)[C@@H](O[C@@H]4O[C@H](CO)[C@@H](O)[C@H](O)[C@H]4NC(C)=O)[C@H]3O)C[C@@]21C)[C@H](N)C(=O)O. The third-order valence-corrected chi connectivity index (χ3v) is 15.4. The van der Waals surface area contributed by atoms with Crippen LogP contribution in [0.25, 0.3) is 0 Å². The van der Waals surface area contributed by atoms with Gasteiger partial charge in [0.05, 0.1) is 36.6 Å². The van der Waals surface area contributed by atoms with E-state index in [2.05, 4.69) is 32.2 Å². The topological polar surface area (TPSA) is 286 Å². The van der Waals surface area contributed by atoms with Gasteiger partial charge in [0, 0.05) is 14.0 Å². The van der Waals surface area contributed by atoms with Crippen LogP contribution in [0.2, 0.25) is 0 Å². The maximum absolute atomic E-state index is 13.5. The lowest BCUT2D eigenvalue weighted by atomic mass is 9.39. The Morgan fingerprint density at radius 2 is 1.67 bits per heavy atom. The molecule has 18 nitrogen and oxygen atoms in total. The lowest BCUT2D eigenvalue weighted by Gasteiger charge is -2.67. The number of nitrogens with one attached hydrogen (secondary N) is 1. The van der Waals surface area contributed by atoms with Crippen LogP contribution in [0.4, 0.5) is 0 Å². The first-order valence-corrected chi connectivity index (χ1v) is 21.9. The number of esters is 1. The number of carbonyl (C=O) groups excluding carboxylic acids is 2. The molecular weight excluding hydrogens is 824 g/mol. The molecule has 0 bridgehead atoms. The van der Waals surface area contributed by atoms with Gasteiger partial charge in [0.1, 0.15) is 48.4 Å². The smallest absolute Gasteiger partial charge is 0.338 e. The van der Waals surface area contributed by atoms with E-state index in [-0.39, 0.29) is 34.5 Å². The zero-order valence-electron chi connectivity index (χ0n) is 37.3. The summed E-state index contributed by atoms with van der Waals surface area (Å²) in [4.78, 5) is 37.8. The Balaban J connectivity index is 1.32. The number of fused-ring (bicyclic) bond motifs is 3. The number of carbonyl (C=O) groups is 3. The van der Waals surface area contributed by atoms with E-state index in [4.69, 9.17) is 34.2 Å². The minimum Gasteiger partial charge on any atom is -0.508 e. The molecule has 0 aromatic heterocycles. The second-order valence-corrected chi connectivity index (χ2v) is 19.6. The number of benzene rings is 1. The number of hydrogen-bond acceptors (Lipinski definition) is 16. The highest BCUT2D eigenvalue weighted by Crippen LogP contribution is 2.69. The van der Waals surface area contributed by atoms with Crippen LogP contribution >= 0.6 is 0 Å². The van der Waals surface area contributed by atoms with Crippen LogP contribution in [0.1, 0.15) is 90.9 Å². The average Bonchev–Trinajstić information content (AvgIpc) is 3.21. The molecule has 0 spiro atoms. The summed E-state index contributed by atoms with van der Waals surface area (Å²) in [7, 11) is 1.48. The number of carboxylic acid groups (broad SMARTS) is 1. The van der Waals surface area contributed by atoms with E-state index in [1.807, 2.05) is 13.8 Å². The Kier molecular flexibility index (Phi) is 14.8. The molecule has 63 heavy (non-hydrogen) atoms. The van der Waals surface area contributed by atoms with Crippen molar-refractivity contribution in [1.29, 1.82) is 0 Å². The second kappa shape index (κ2) is 18.9. The first-order valence-electron chi connectivity index (χ1n) is 21.9. The first kappa shape index (κ1) is 49.2. The Bertz CT molecular complexity index is 1850. The number of aliphatic hydroxyl groups is 5. The maximum atomic E-state index is 13.5. The van der Waals surface area contributed by atoms with Crippen LogP contribution < -0.4 is 11.1 Å². The van der Waals surface area contributed by atoms with Gasteiger partial charge in [0.2, 0.25) is 5.91 Å². The molecule has 0 radical (unpaired) electrons. The first-order chi connectivity index (χ1) is 29.5. The molecule has 0 unspecified atom stereocenters. The van der Waals surface area contributed by atoms with Gasteiger partial charge < -0.3 is 75.2 Å². The summed E-state index contributed by atoms with van der Waals surface area (Å²) < 4.78 is 36.7. The highest BCUT2D eigenvalue weighted by Gasteiger charge is 2.65. The number of methoxy groups -OCH3 is 1. The van der Waals surface area contributed by atoms with Gasteiger partial charge in [-0.1, -0.05) is 45.4 Å². The minimum absolute atomic E-state index is 0.0231. The predicted octanol–water partition coefficient (Wildman–Crippen LogP) is 1.35. The molecule has 5 aliphatic rings. The Labute approximate surface area is 368 Å². The van der Waals surface area contributed by atoms with Crippen LogP contribution in [0, 0.1) is 34.0 Å². The zero-order chi connectivity index (χ0) is 46.5. The summed E-state index contributed by atoms with van der Waals surface area (Å²) in [6.07, 6.45) is -11.0. The number of carboxylic acids is 1. The fraction of sp³-hybridized carbons (Fsp3) is 0.756. The number of phenolic OH excluding ortho intramolecular Hbond substituents is 1. The van der Waals surface area contributed by atoms with Crippen molar-refractivity contribution >= 4 is 17.8 Å². The molecule has 6 rings (SSSR count). The summed E-state index contributed by atoms with van der Waals surface area (Å²) in [5, 5.41) is 78.6. The van der Waals surface area contributed by atoms with Gasteiger partial charge in [-0.3, -0.25) is 9.59 Å². The third-order valence-electron chi connectivity index (χ3n) is 15.4. The fourth-order valence-corrected chi connectivity index (χ4v) is 12.1. The molecule has 10 N–H and O–H groups in total. The molecule has 18 heteroatoms. The van der Waals surface area contributed by atoms with Crippen molar-refractivity contribution in [3.8, 4) is 5.75 Å².